The number of para-hydroxylation sites is 1. The van der Waals surface area contributed by atoms with Crippen LogP contribution in [0, 0.1) is 37.4 Å². The number of rotatable bonds is 3. The van der Waals surface area contributed by atoms with E-state index in [0.717, 1.165) is 23.2 Å². The lowest BCUT2D eigenvalue weighted by Crippen LogP contribution is -1.98. The maximum Gasteiger partial charge on any atom is 0.123 e. The molecular weight excluding hydrogens is 273 g/mol. The van der Waals surface area contributed by atoms with Gasteiger partial charge in [-0.15, -0.1) is 0 Å². The van der Waals surface area contributed by atoms with Crippen molar-refractivity contribution in [3.8, 4) is 11.3 Å². The summed E-state index contributed by atoms with van der Waals surface area (Å²) in [5.74, 6) is 1.07. The van der Waals surface area contributed by atoms with Crippen LogP contribution in [0.2, 0.25) is 0 Å². The molecule has 0 aliphatic heterocycles. The van der Waals surface area contributed by atoms with E-state index >= 15 is 0 Å². The second-order valence-electron chi connectivity index (χ2n) is 5.50. The minimum Gasteiger partial charge on any atom is -0.354 e. The molecule has 0 atom stereocenters. The van der Waals surface area contributed by atoms with E-state index in [-0.39, 0.29) is 5.82 Å². The van der Waals surface area contributed by atoms with E-state index in [9.17, 15) is 4.39 Å². The lowest BCUT2D eigenvalue weighted by molar-refractivity contribution is 0.628. The van der Waals surface area contributed by atoms with Crippen molar-refractivity contribution in [2.45, 2.75) is 6.42 Å². The van der Waals surface area contributed by atoms with Gasteiger partial charge in [0.05, 0.1) is 0 Å². The summed E-state index contributed by atoms with van der Waals surface area (Å²) >= 11 is 0. The summed E-state index contributed by atoms with van der Waals surface area (Å²) in [4.78, 5) is 3.49. The van der Waals surface area contributed by atoms with Crippen LogP contribution in [0.15, 0.2) is 48.5 Å². The molecule has 3 aromatic rings. The molecule has 0 unspecified atom stereocenters. The molecule has 2 aromatic carbocycles. The monoisotopic (exact) mass is 288 g/mol. The molecule has 1 fully saturated rings. The molecule has 1 N–H and O–H groups in total. The van der Waals surface area contributed by atoms with Crippen LogP contribution in [0.3, 0.4) is 0 Å². The number of nitrogens with one attached hydrogen (secondary N) is 1. The first-order chi connectivity index (χ1) is 10.8. The quantitative estimate of drug-likeness (QED) is 0.704. The van der Waals surface area contributed by atoms with Crippen molar-refractivity contribution in [1.82, 2.24) is 4.98 Å². The van der Waals surface area contributed by atoms with Crippen LogP contribution < -0.4 is 0 Å². The molecule has 1 aliphatic carbocycles. The highest BCUT2D eigenvalue weighted by Crippen LogP contribution is 2.35. The van der Waals surface area contributed by atoms with Crippen LogP contribution in [0.4, 0.5) is 4.39 Å². The maximum absolute atomic E-state index is 13.2. The van der Waals surface area contributed by atoms with E-state index in [0.29, 0.717) is 0 Å². The predicted molar refractivity (Wildman–Crippen MR) is 87.8 cm³/mol. The number of halogens is 1. The highest BCUT2D eigenvalue weighted by molar-refractivity contribution is 5.91. The fourth-order valence-electron chi connectivity index (χ4n) is 2.98. The van der Waals surface area contributed by atoms with Crippen LogP contribution in [-0.4, -0.2) is 4.98 Å². The van der Waals surface area contributed by atoms with Gasteiger partial charge in [0.2, 0.25) is 0 Å². The second-order valence-corrected chi connectivity index (χ2v) is 5.50. The van der Waals surface area contributed by atoms with Crippen molar-refractivity contribution in [1.29, 1.82) is 0 Å². The van der Waals surface area contributed by atoms with Crippen LogP contribution in [0.5, 0.6) is 0 Å². The summed E-state index contributed by atoms with van der Waals surface area (Å²) in [6, 6.07) is 15.0. The van der Waals surface area contributed by atoms with Gasteiger partial charge in [0, 0.05) is 16.6 Å². The number of hydrogen-bond acceptors (Lipinski definition) is 0. The minimum atomic E-state index is -0.211. The number of fused-ring (bicyclic) bond motifs is 1. The van der Waals surface area contributed by atoms with Crippen molar-refractivity contribution in [2.75, 3.05) is 0 Å². The number of H-pyrrole nitrogens is 1. The Hall–Kier alpha value is -2.09. The Balaban J connectivity index is 1.83. The zero-order valence-electron chi connectivity index (χ0n) is 12.0. The van der Waals surface area contributed by atoms with E-state index in [1.807, 2.05) is 18.2 Å². The second kappa shape index (κ2) is 5.60. The Labute approximate surface area is 130 Å². The van der Waals surface area contributed by atoms with Crippen LogP contribution in [0.1, 0.15) is 5.56 Å². The molecule has 1 saturated carbocycles. The third kappa shape index (κ3) is 2.43. The van der Waals surface area contributed by atoms with Gasteiger partial charge in [-0.2, -0.15) is 0 Å². The molecule has 22 heavy (non-hydrogen) atoms. The molecule has 0 amide bonds. The van der Waals surface area contributed by atoms with Crippen molar-refractivity contribution in [3.05, 3.63) is 91.5 Å². The summed E-state index contributed by atoms with van der Waals surface area (Å²) in [7, 11) is 0. The topological polar surface area (TPSA) is 15.8 Å². The first-order valence-electron chi connectivity index (χ1n) is 7.37. The number of aromatic nitrogens is 1. The lowest BCUT2D eigenvalue weighted by Gasteiger charge is -2.10. The number of benzene rings is 2. The molecule has 1 nitrogen and oxygen atoms in total. The average Bonchev–Trinajstić information content (AvgIpc) is 3.17. The largest absolute Gasteiger partial charge is 0.354 e. The normalized spacial score (nSPS) is 15.7. The lowest BCUT2D eigenvalue weighted by atomic mass is 9.94. The molecule has 1 aromatic heterocycles. The maximum atomic E-state index is 13.2. The van der Waals surface area contributed by atoms with Crippen molar-refractivity contribution in [2.24, 2.45) is 0 Å². The van der Waals surface area contributed by atoms with Crippen molar-refractivity contribution >= 4 is 10.9 Å². The molecule has 4 rings (SSSR count). The highest BCUT2D eigenvalue weighted by Gasteiger charge is 2.21. The summed E-state index contributed by atoms with van der Waals surface area (Å²) in [5.41, 5.74) is 4.46. The Morgan fingerprint density at radius 1 is 0.864 bits per heavy atom. The standard InChI is InChI=1S/C20H15FN/c21-16-11-9-15(10-12-16)20-18(13-14-5-1-2-6-14)17-7-3-4-8-19(17)22-20/h1-12,22H,13H2. The van der Waals surface area contributed by atoms with E-state index < -0.39 is 0 Å². The molecule has 0 saturated heterocycles. The van der Waals surface area contributed by atoms with Crippen LogP contribution >= 0.6 is 0 Å². The number of hydrogen-bond donors (Lipinski definition) is 1. The summed E-state index contributed by atoms with van der Waals surface area (Å²) in [6.07, 6.45) is 9.25. The Morgan fingerprint density at radius 3 is 2.36 bits per heavy atom. The van der Waals surface area contributed by atoms with Gasteiger partial charge in [0.25, 0.3) is 0 Å². The van der Waals surface area contributed by atoms with E-state index in [1.54, 1.807) is 0 Å². The zero-order chi connectivity index (χ0) is 14.9. The molecule has 0 spiro atoms. The van der Waals surface area contributed by atoms with Crippen molar-refractivity contribution in [3.63, 3.8) is 0 Å². The highest BCUT2D eigenvalue weighted by atomic mass is 19.1. The molecule has 5 radical (unpaired) electrons. The fraction of sp³-hybridized carbons (Fsp3) is 0.0500. The number of aromatic amines is 1. The molecule has 2 heteroatoms. The Bertz CT molecular complexity index is 779. The smallest absolute Gasteiger partial charge is 0.123 e. The zero-order valence-corrected chi connectivity index (χ0v) is 12.0. The van der Waals surface area contributed by atoms with E-state index in [2.05, 4.69) is 48.9 Å². The van der Waals surface area contributed by atoms with Gasteiger partial charge >= 0.3 is 0 Å². The predicted octanol–water partition coefficient (Wildman–Crippen LogP) is 4.92. The first-order valence-corrected chi connectivity index (χ1v) is 7.37. The van der Waals surface area contributed by atoms with Crippen molar-refractivity contribution < 1.29 is 4.39 Å². The fourth-order valence-corrected chi connectivity index (χ4v) is 2.98. The third-order valence-corrected chi connectivity index (χ3v) is 4.06. The van der Waals surface area contributed by atoms with Gasteiger partial charge in [0.15, 0.2) is 0 Å². The summed E-state index contributed by atoms with van der Waals surface area (Å²) in [6.45, 7) is 0. The van der Waals surface area contributed by atoms with E-state index in [4.69, 9.17) is 0 Å². The average molecular weight is 288 g/mol. The Morgan fingerprint density at radius 2 is 1.59 bits per heavy atom. The molecule has 1 aliphatic rings. The van der Waals surface area contributed by atoms with Gasteiger partial charge in [-0.1, -0.05) is 18.2 Å². The van der Waals surface area contributed by atoms with Gasteiger partial charge in [0.1, 0.15) is 5.82 Å². The summed E-state index contributed by atoms with van der Waals surface area (Å²) in [5, 5.41) is 1.23. The van der Waals surface area contributed by atoms with Gasteiger partial charge in [-0.05, 0) is 79.5 Å². The molecule has 107 valence electrons. The third-order valence-electron chi connectivity index (χ3n) is 4.06. The molecular formula is C20H15FN. The van der Waals surface area contributed by atoms with Gasteiger partial charge in [-0.3, -0.25) is 0 Å². The van der Waals surface area contributed by atoms with E-state index in [1.165, 1.54) is 29.0 Å². The Kier molecular flexibility index (Phi) is 3.45. The van der Waals surface area contributed by atoms with Crippen LogP contribution in [0.25, 0.3) is 22.2 Å². The summed E-state index contributed by atoms with van der Waals surface area (Å²) < 4.78 is 13.2. The minimum absolute atomic E-state index is 0.211. The SMILES string of the molecule is Fc1ccc(-c2[nH]c3ccccc3c2C[C]2[CH][CH][CH][CH]2)cc1. The van der Waals surface area contributed by atoms with Gasteiger partial charge < -0.3 is 4.98 Å². The molecule has 0 bridgehead atoms. The molecule has 1 heterocycles. The first kappa shape index (κ1) is 13.6. The van der Waals surface area contributed by atoms with Gasteiger partial charge in [-0.25, -0.2) is 4.39 Å². The van der Waals surface area contributed by atoms with Crippen LogP contribution in [-0.2, 0) is 6.42 Å².